The van der Waals surface area contributed by atoms with Crippen LogP contribution < -0.4 is 10.9 Å². The van der Waals surface area contributed by atoms with Crippen molar-refractivity contribution < 1.29 is 4.79 Å². The minimum Gasteiger partial charge on any atom is -0.341 e. The zero-order chi connectivity index (χ0) is 18.7. The summed E-state index contributed by atoms with van der Waals surface area (Å²) in [6.07, 6.45) is 4.68. The average Bonchev–Trinajstić information content (AvgIpc) is 2.62. The number of aromatic nitrogens is 3. The topological polar surface area (TPSA) is 87.7 Å². The van der Waals surface area contributed by atoms with E-state index in [4.69, 9.17) is 0 Å². The first-order chi connectivity index (χ1) is 12.5. The van der Waals surface area contributed by atoms with Gasteiger partial charge in [0, 0.05) is 18.6 Å². The molecule has 0 aliphatic carbocycles. The minimum absolute atomic E-state index is 0.0201. The number of nitrogens with zero attached hydrogens (tertiary/aromatic N) is 2. The third-order valence-corrected chi connectivity index (χ3v) is 4.33. The molecule has 3 rings (SSSR count). The van der Waals surface area contributed by atoms with Crippen LogP contribution in [-0.4, -0.2) is 20.9 Å². The fourth-order valence-electron chi connectivity index (χ4n) is 2.70. The van der Waals surface area contributed by atoms with E-state index in [9.17, 15) is 9.59 Å². The molecule has 2 N–H and O–H groups in total. The standard InChI is InChI=1S/C20H20N4O2/c1-12-6-7-15(9-13(12)2)18(16-5-4-8-21-10-16)24-20(26)17-11-22-14(3)23-19(17)25/h4-11,18H,1-3H3,(H,24,26)(H,22,23,25). The molecule has 6 nitrogen and oxygen atoms in total. The molecule has 0 spiro atoms. The molecule has 0 saturated carbocycles. The molecule has 0 radical (unpaired) electrons. The Bertz CT molecular complexity index is 996. The first-order valence-electron chi connectivity index (χ1n) is 8.29. The first kappa shape index (κ1) is 17.5. The quantitative estimate of drug-likeness (QED) is 0.759. The van der Waals surface area contributed by atoms with Crippen LogP contribution in [-0.2, 0) is 0 Å². The van der Waals surface area contributed by atoms with Gasteiger partial charge in [-0.15, -0.1) is 0 Å². The zero-order valence-corrected chi connectivity index (χ0v) is 14.9. The van der Waals surface area contributed by atoms with Crippen LogP contribution in [0.2, 0.25) is 0 Å². The van der Waals surface area contributed by atoms with E-state index in [1.807, 2.05) is 44.2 Å². The molecule has 1 unspecified atom stereocenters. The van der Waals surface area contributed by atoms with Gasteiger partial charge < -0.3 is 10.3 Å². The van der Waals surface area contributed by atoms with Crippen molar-refractivity contribution in [3.8, 4) is 0 Å². The normalized spacial score (nSPS) is 11.8. The maximum absolute atomic E-state index is 12.7. The molecule has 0 fully saturated rings. The monoisotopic (exact) mass is 348 g/mol. The number of benzene rings is 1. The van der Waals surface area contributed by atoms with Crippen LogP contribution in [0.15, 0.2) is 53.7 Å². The molecule has 0 saturated heterocycles. The number of hydrogen-bond acceptors (Lipinski definition) is 4. The lowest BCUT2D eigenvalue weighted by Gasteiger charge is -2.20. The zero-order valence-electron chi connectivity index (χ0n) is 14.9. The number of amides is 1. The van der Waals surface area contributed by atoms with Gasteiger partial charge >= 0.3 is 0 Å². The third kappa shape index (κ3) is 3.69. The van der Waals surface area contributed by atoms with Crippen molar-refractivity contribution in [2.24, 2.45) is 0 Å². The van der Waals surface area contributed by atoms with Gasteiger partial charge in [0.1, 0.15) is 11.4 Å². The van der Waals surface area contributed by atoms with Crippen molar-refractivity contribution >= 4 is 5.91 Å². The molecular formula is C20H20N4O2. The Labute approximate surface area is 151 Å². The van der Waals surface area contributed by atoms with Gasteiger partial charge in [0.2, 0.25) is 0 Å². The van der Waals surface area contributed by atoms with Gasteiger partial charge in [-0.1, -0.05) is 24.3 Å². The lowest BCUT2D eigenvalue weighted by Crippen LogP contribution is -2.33. The molecule has 6 heteroatoms. The van der Waals surface area contributed by atoms with E-state index in [1.54, 1.807) is 19.3 Å². The van der Waals surface area contributed by atoms with Crippen molar-refractivity contribution in [1.29, 1.82) is 0 Å². The Kier molecular flexibility index (Phi) is 4.93. The number of pyridine rings is 1. The summed E-state index contributed by atoms with van der Waals surface area (Å²) in [6.45, 7) is 5.72. The Hall–Kier alpha value is -3.28. The molecule has 1 aromatic carbocycles. The maximum Gasteiger partial charge on any atom is 0.263 e. The lowest BCUT2D eigenvalue weighted by atomic mass is 9.96. The number of rotatable bonds is 4. The fraction of sp³-hybridized carbons (Fsp3) is 0.200. The number of hydrogen-bond donors (Lipinski definition) is 2. The number of H-pyrrole nitrogens is 1. The van der Waals surface area contributed by atoms with Crippen molar-refractivity contribution in [2.75, 3.05) is 0 Å². The maximum atomic E-state index is 12.7. The largest absolute Gasteiger partial charge is 0.341 e. The number of nitrogens with one attached hydrogen (secondary N) is 2. The van der Waals surface area contributed by atoms with Crippen LogP contribution in [0, 0.1) is 20.8 Å². The van der Waals surface area contributed by atoms with Crippen LogP contribution in [0.1, 0.15) is 44.5 Å². The molecule has 0 bridgehead atoms. The van der Waals surface area contributed by atoms with E-state index >= 15 is 0 Å². The molecule has 26 heavy (non-hydrogen) atoms. The van der Waals surface area contributed by atoms with E-state index < -0.39 is 17.5 Å². The van der Waals surface area contributed by atoms with Gasteiger partial charge in [-0.3, -0.25) is 14.6 Å². The highest BCUT2D eigenvalue weighted by Crippen LogP contribution is 2.24. The summed E-state index contributed by atoms with van der Waals surface area (Å²) < 4.78 is 0. The molecule has 1 amide bonds. The Morgan fingerprint density at radius 1 is 1.08 bits per heavy atom. The second-order valence-corrected chi connectivity index (χ2v) is 6.25. The highest BCUT2D eigenvalue weighted by Gasteiger charge is 2.20. The molecule has 2 aromatic heterocycles. The summed E-state index contributed by atoms with van der Waals surface area (Å²) in [7, 11) is 0. The summed E-state index contributed by atoms with van der Waals surface area (Å²) in [5.41, 5.74) is 3.57. The first-order valence-corrected chi connectivity index (χ1v) is 8.29. The van der Waals surface area contributed by atoms with Crippen LogP contribution >= 0.6 is 0 Å². The van der Waals surface area contributed by atoms with Crippen molar-refractivity contribution in [2.45, 2.75) is 26.8 Å². The Morgan fingerprint density at radius 3 is 2.54 bits per heavy atom. The van der Waals surface area contributed by atoms with E-state index in [2.05, 4.69) is 20.3 Å². The number of carbonyl (C=O) groups excluding carboxylic acids is 1. The van der Waals surface area contributed by atoms with Crippen LogP contribution in [0.5, 0.6) is 0 Å². The van der Waals surface area contributed by atoms with Gasteiger partial charge in [0.05, 0.1) is 6.04 Å². The third-order valence-electron chi connectivity index (χ3n) is 4.33. The molecule has 2 heterocycles. The fourth-order valence-corrected chi connectivity index (χ4v) is 2.70. The van der Waals surface area contributed by atoms with Crippen LogP contribution in [0.3, 0.4) is 0 Å². The molecule has 0 aliphatic heterocycles. The highest BCUT2D eigenvalue weighted by molar-refractivity contribution is 5.94. The predicted octanol–water partition coefficient (Wildman–Crippen LogP) is 2.61. The molecule has 0 aliphatic rings. The molecule has 1 atom stereocenters. The molecule has 132 valence electrons. The second-order valence-electron chi connectivity index (χ2n) is 6.25. The Balaban J connectivity index is 1.99. The van der Waals surface area contributed by atoms with Gasteiger partial charge in [-0.05, 0) is 49.1 Å². The van der Waals surface area contributed by atoms with E-state index in [1.165, 1.54) is 11.8 Å². The van der Waals surface area contributed by atoms with Gasteiger partial charge in [0.25, 0.3) is 11.5 Å². The summed E-state index contributed by atoms with van der Waals surface area (Å²) in [4.78, 5) is 35.5. The van der Waals surface area contributed by atoms with Crippen molar-refractivity contribution in [3.05, 3.63) is 92.9 Å². The number of aromatic amines is 1. The molecule has 3 aromatic rings. The summed E-state index contributed by atoms with van der Waals surface area (Å²) >= 11 is 0. The van der Waals surface area contributed by atoms with E-state index in [0.717, 1.165) is 16.7 Å². The van der Waals surface area contributed by atoms with E-state index in [0.29, 0.717) is 5.82 Å². The van der Waals surface area contributed by atoms with Gasteiger partial charge in [-0.25, -0.2) is 4.98 Å². The van der Waals surface area contributed by atoms with Crippen LogP contribution in [0.25, 0.3) is 0 Å². The van der Waals surface area contributed by atoms with Crippen molar-refractivity contribution in [3.63, 3.8) is 0 Å². The minimum atomic E-state index is -0.481. The molecular weight excluding hydrogens is 328 g/mol. The smallest absolute Gasteiger partial charge is 0.263 e. The number of carbonyl (C=O) groups is 1. The highest BCUT2D eigenvalue weighted by atomic mass is 16.2. The van der Waals surface area contributed by atoms with Crippen molar-refractivity contribution in [1.82, 2.24) is 20.3 Å². The van der Waals surface area contributed by atoms with Crippen LogP contribution in [0.4, 0.5) is 0 Å². The Morgan fingerprint density at radius 2 is 1.88 bits per heavy atom. The second kappa shape index (κ2) is 7.31. The lowest BCUT2D eigenvalue weighted by molar-refractivity contribution is 0.0941. The SMILES string of the molecule is Cc1ncc(C(=O)NC(c2cccnc2)c2ccc(C)c(C)c2)c(=O)[nH]1. The van der Waals surface area contributed by atoms with Gasteiger partial charge in [-0.2, -0.15) is 0 Å². The van der Waals surface area contributed by atoms with E-state index in [-0.39, 0.29) is 5.56 Å². The predicted molar refractivity (Wildman–Crippen MR) is 99.1 cm³/mol. The summed E-state index contributed by atoms with van der Waals surface area (Å²) in [6, 6.07) is 9.31. The summed E-state index contributed by atoms with van der Waals surface area (Å²) in [5, 5.41) is 2.93. The summed E-state index contributed by atoms with van der Waals surface area (Å²) in [5.74, 6) is -0.0182. The average molecular weight is 348 g/mol. The van der Waals surface area contributed by atoms with Gasteiger partial charge in [0.15, 0.2) is 0 Å². The number of aryl methyl sites for hydroxylation is 3.